The molecule has 3 heteroatoms. The molecule has 0 radical (unpaired) electrons. The fraction of sp³-hybridized carbons (Fsp3) is 0.429. The van der Waals surface area contributed by atoms with Crippen molar-refractivity contribution in [1.82, 2.24) is 0 Å². The molecule has 0 spiro atoms. The van der Waals surface area contributed by atoms with Crippen LogP contribution in [0.3, 0.4) is 0 Å². The van der Waals surface area contributed by atoms with Gasteiger partial charge in [-0.3, -0.25) is 0 Å². The minimum Gasteiger partial charge on any atom is -0.462 e. The van der Waals surface area contributed by atoms with Crippen LogP contribution in [-0.4, -0.2) is 12.0 Å². The van der Waals surface area contributed by atoms with Gasteiger partial charge in [0.15, 0.2) is 0 Å². The molecule has 2 aliphatic rings. The first-order valence-corrected chi connectivity index (χ1v) is 4.16. The van der Waals surface area contributed by atoms with Crippen molar-refractivity contribution in [3.8, 4) is 0 Å². The van der Waals surface area contributed by atoms with Crippen LogP contribution in [0.1, 0.15) is 6.42 Å². The van der Waals surface area contributed by atoms with E-state index in [9.17, 15) is 0 Å². The fourth-order valence-corrected chi connectivity index (χ4v) is 1.88. The van der Waals surface area contributed by atoms with Crippen LogP contribution in [0.4, 0.5) is 0 Å². The van der Waals surface area contributed by atoms with Crippen molar-refractivity contribution in [2.24, 2.45) is 0 Å². The van der Waals surface area contributed by atoms with Gasteiger partial charge in [-0.05, 0) is 11.8 Å². The van der Waals surface area contributed by atoms with Crippen LogP contribution in [0.25, 0.3) is 0 Å². The van der Waals surface area contributed by atoms with Gasteiger partial charge in [-0.1, -0.05) is 6.08 Å². The molecule has 2 rings (SSSR count). The minimum atomic E-state index is 0.395. The van der Waals surface area contributed by atoms with Gasteiger partial charge in [0.25, 0.3) is 0 Å². The zero-order valence-corrected chi connectivity index (χ0v) is 6.26. The summed E-state index contributed by atoms with van der Waals surface area (Å²) < 4.78 is 10.2. The third-order valence-electron chi connectivity index (χ3n) is 1.50. The van der Waals surface area contributed by atoms with Gasteiger partial charge in [-0.2, -0.15) is 0 Å². The smallest absolute Gasteiger partial charge is 0.229 e. The van der Waals surface area contributed by atoms with Crippen molar-refractivity contribution in [3.05, 3.63) is 23.5 Å². The molecule has 10 heavy (non-hydrogen) atoms. The Morgan fingerprint density at radius 2 is 2.60 bits per heavy atom. The van der Waals surface area contributed by atoms with Crippen molar-refractivity contribution >= 4 is 11.8 Å². The lowest BCUT2D eigenvalue weighted by Gasteiger charge is -2.06. The van der Waals surface area contributed by atoms with Gasteiger partial charge < -0.3 is 9.47 Å². The molecule has 54 valence electrons. The van der Waals surface area contributed by atoms with Gasteiger partial charge >= 0.3 is 0 Å². The summed E-state index contributed by atoms with van der Waals surface area (Å²) in [5.41, 5.74) is 0. The topological polar surface area (TPSA) is 18.5 Å². The highest BCUT2D eigenvalue weighted by molar-refractivity contribution is 8.03. The molecule has 0 N–H and O–H groups in total. The maximum Gasteiger partial charge on any atom is 0.229 e. The molecule has 0 aromatic heterocycles. The molecule has 2 heterocycles. The summed E-state index contributed by atoms with van der Waals surface area (Å²) >= 11 is 1.79. The van der Waals surface area contributed by atoms with E-state index in [2.05, 4.69) is 11.5 Å². The predicted molar refractivity (Wildman–Crippen MR) is 40.3 cm³/mol. The summed E-state index contributed by atoms with van der Waals surface area (Å²) in [6.45, 7) is 0.395. The molecule has 0 aliphatic carbocycles. The van der Waals surface area contributed by atoms with Crippen LogP contribution in [0.5, 0.6) is 0 Å². The maximum atomic E-state index is 5.21. The monoisotopic (exact) mass is 156 g/mol. The number of hydrogen-bond acceptors (Lipinski definition) is 3. The second kappa shape index (κ2) is 2.58. The summed E-state index contributed by atoms with van der Waals surface area (Å²) in [6.07, 6.45) is 4.93. The number of hydrogen-bond donors (Lipinski definition) is 0. The molecule has 0 fully saturated rings. The molecular weight excluding hydrogens is 148 g/mol. The Morgan fingerprint density at radius 1 is 1.60 bits per heavy atom. The van der Waals surface area contributed by atoms with Crippen LogP contribution in [0.15, 0.2) is 23.5 Å². The molecular formula is C7H8O2S. The van der Waals surface area contributed by atoms with Crippen molar-refractivity contribution in [1.29, 1.82) is 0 Å². The van der Waals surface area contributed by atoms with Gasteiger partial charge in [0.05, 0.1) is 5.25 Å². The maximum absolute atomic E-state index is 5.21. The normalized spacial score (nSPS) is 29.6. The SMILES string of the molecule is C1=CSC(C2=COCO2)C1. The fourth-order valence-electron chi connectivity index (χ4n) is 0.989. The predicted octanol–water partition coefficient (Wildman–Crippen LogP) is 1.85. The zero-order chi connectivity index (χ0) is 6.81. The largest absolute Gasteiger partial charge is 0.462 e. The van der Waals surface area contributed by atoms with Crippen LogP contribution < -0.4 is 0 Å². The van der Waals surface area contributed by atoms with Gasteiger partial charge in [-0.15, -0.1) is 11.8 Å². The Labute approximate surface area is 63.9 Å². The first kappa shape index (κ1) is 6.16. The molecule has 0 amide bonds. The Morgan fingerprint density at radius 3 is 3.20 bits per heavy atom. The van der Waals surface area contributed by atoms with Crippen molar-refractivity contribution < 1.29 is 9.47 Å². The lowest BCUT2D eigenvalue weighted by molar-refractivity contribution is 0.0788. The Bertz CT molecular complexity index is 178. The molecule has 0 aromatic rings. The third kappa shape index (κ3) is 1.01. The van der Waals surface area contributed by atoms with E-state index in [0.29, 0.717) is 12.0 Å². The molecule has 0 saturated carbocycles. The second-order valence-corrected chi connectivity index (χ2v) is 3.29. The number of ether oxygens (including phenoxy) is 2. The highest BCUT2D eigenvalue weighted by Crippen LogP contribution is 2.31. The van der Waals surface area contributed by atoms with Gasteiger partial charge in [0, 0.05) is 0 Å². The number of allylic oxidation sites excluding steroid dienone is 1. The molecule has 0 saturated heterocycles. The van der Waals surface area contributed by atoms with Crippen molar-refractivity contribution in [2.75, 3.05) is 6.79 Å². The van der Waals surface area contributed by atoms with E-state index in [-0.39, 0.29) is 0 Å². The van der Waals surface area contributed by atoms with Crippen LogP contribution in [0, 0.1) is 0 Å². The van der Waals surface area contributed by atoms with Crippen LogP contribution in [-0.2, 0) is 9.47 Å². The summed E-state index contributed by atoms with van der Waals surface area (Å²) in [7, 11) is 0. The third-order valence-corrected chi connectivity index (χ3v) is 2.60. The quantitative estimate of drug-likeness (QED) is 0.577. The molecule has 2 aliphatic heterocycles. The highest BCUT2D eigenvalue weighted by atomic mass is 32.2. The summed E-state index contributed by atoms with van der Waals surface area (Å²) in [5, 5.41) is 2.58. The Hall–Kier alpha value is -0.570. The van der Waals surface area contributed by atoms with E-state index in [1.165, 1.54) is 0 Å². The minimum absolute atomic E-state index is 0.395. The standard InChI is InChI=1S/C7H8O2S/c1-2-7(10-3-1)6-4-8-5-9-6/h1,3-4,7H,2,5H2. The van der Waals surface area contributed by atoms with Crippen LogP contribution >= 0.6 is 11.8 Å². The molecule has 2 nitrogen and oxygen atoms in total. The average Bonchev–Trinajstić information content (AvgIpc) is 2.59. The lowest BCUT2D eigenvalue weighted by atomic mass is 10.3. The molecule has 0 bridgehead atoms. The van der Waals surface area contributed by atoms with E-state index in [4.69, 9.17) is 9.47 Å². The summed E-state index contributed by atoms with van der Waals surface area (Å²) in [4.78, 5) is 0. The summed E-state index contributed by atoms with van der Waals surface area (Å²) in [5.74, 6) is 0.981. The van der Waals surface area contributed by atoms with Crippen molar-refractivity contribution in [2.45, 2.75) is 11.7 Å². The van der Waals surface area contributed by atoms with Gasteiger partial charge in [0.1, 0.15) is 12.0 Å². The molecule has 0 aromatic carbocycles. The lowest BCUT2D eigenvalue weighted by Crippen LogP contribution is -2.01. The average molecular weight is 156 g/mol. The van der Waals surface area contributed by atoms with E-state index in [1.807, 2.05) is 0 Å². The first-order valence-electron chi connectivity index (χ1n) is 3.22. The summed E-state index contributed by atoms with van der Waals surface area (Å²) in [6, 6.07) is 0. The number of thioether (sulfide) groups is 1. The first-order chi connectivity index (χ1) is 4.97. The second-order valence-electron chi connectivity index (χ2n) is 2.18. The Balaban J connectivity index is 1.99. The zero-order valence-electron chi connectivity index (χ0n) is 5.45. The van der Waals surface area contributed by atoms with E-state index < -0.39 is 0 Å². The Kier molecular flexibility index (Phi) is 1.59. The van der Waals surface area contributed by atoms with Gasteiger partial charge in [-0.25, -0.2) is 0 Å². The molecule has 1 atom stereocenters. The highest BCUT2D eigenvalue weighted by Gasteiger charge is 2.20. The molecule has 1 unspecified atom stereocenters. The van der Waals surface area contributed by atoms with Gasteiger partial charge in [0.2, 0.25) is 6.79 Å². The van der Waals surface area contributed by atoms with Crippen molar-refractivity contribution in [3.63, 3.8) is 0 Å². The van der Waals surface area contributed by atoms with E-state index >= 15 is 0 Å². The number of rotatable bonds is 1. The van der Waals surface area contributed by atoms with E-state index in [0.717, 1.165) is 12.2 Å². The van der Waals surface area contributed by atoms with Crippen LogP contribution in [0.2, 0.25) is 0 Å². The van der Waals surface area contributed by atoms with E-state index in [1.54, 1.807) is 18.0 Å².